The molecule has 0 radical (unpaired) electrons. The fraction of sp³-hybridized carbons (Fsp3) is 0.318. The molecule has 130 valence electrons. The van der Waals surface area contributed by atoms with E-state index in [1.54, 1.807) is 0 Å². The summed E-state index contributed by atoms with van der Waals surface area (Å²) in [6.45, 7) is 6.62. The molecule has 0 aliphatic carbocycles. The summed E-state index contributed by atoms with van der Waals surface area (Å²) in [5.74, 6) is 0.312. The van der Waals surface area contributed by atoms with Crippen molar-refractivity contribution in [1.82, 2.24) is 4.90 Å². The van der Waals surface area contributed by atoms with Gasteiger partial charge in [0.15, 0.2) is 5.78 Å². The molecule has 3 rings (SSSR count). The van der Waals surface area contributed by atoms with Crippen LogP contribution in [-0.4, -0.2) is 29.9 Å². The van der Waals surface area contributed by atoms with Crippen molar-refractivity contribution >= 4 is 5.78 Å². The van der Waals surface area contributed by atoms with Crippen LogP contribution in [0, 0.1) is 5.92 Å². The first-order valence-corrected chi connectivity index (χ1v) is 8.83. The molecule has 0 N–H and O–H groups in total. The molecule has 1 fully saturated rings. The topological polar surface area (TPSA) is 29.5 Å². The summed E-state index contributed by atoms with van der Waals surface area (Å²) in [6, 6.07) is 20.3. The van der Waals surface area contributed by atoms with Crippen molar-refractivity contribution in [3.63, 3.8) is 0 Å². The van der Waals surface area contributed by atoms with Gasteiger partial charge in [0, 0.05) is 25.4 Å². The summed E-state index contributed by atoms with van der Waals surface area (Å²) in [4.78, 5) is 14.7. The van der Waals surface area contributed by atoms with Crippen LogP contribution in [0.2, 0.25) is 0 Å². The van der Waals surface area contributed by atoms with Gasteiger partial charge in [-0.05, 0) is 11.1 Å². The van der Waals surface area contributed by atoms with Crippen LogP contribution in [0.25, 0.3) is 0 Å². The first-order chi connectivity index (χ1) is 12.3. The van der Waals surface area contributed by atoms with Crippen LogP contribution in [0.1, 0.15) is 17.5 Å². The van der Waals surface area contributed by atoms with Crippen LogP contribution in [0.15, 0.2) is 73.3 Å². The Kier molecular flexibility index (Phi) is 6.15. The lowest BCUT2D eigenvalue weighted by Crippen LogP contribution is -2.40. The normalized spacial score (nSPS) is 19.0. The first kappa shape index (κ1) is 17.6. The molecule has 1 saturated heterocycles. The van der Waals surface area contributed by atoms with Gasteiger partial charge in [0.25, 0.3) is 0 Å². The quantitative estimate of drug-likeness (QED) is 0.686. The minimum Gasteiger partial charge on any atom is -0.376 e. The maximum atomic E-state index is 12.5. The first-order valence-electron chi connectivity index (χ1n) is 8.83. The number of rotatable bonds is 8. The monoisotopic (exact) mass is 335 g/mol. The van der Waals surface area contributed by atoms with Gasteiger partial charge < -0.3 is 4.74 Å². The highest BCUT2D eigenvalue weighted by Gasteiger charge is 2.37. The van der Waals surface area contributed by atoms with E-state index in [0.717, 1.165) is 18.7 Å². The van der Waals surface area contributed by atoms with Crippen molar-refractivity contribution in [3.05, 3.63) is 84.4 Å². The zero-order valence-corrected chi connectivity index (χ0v) is 14.5. The molecule has 0 bridgehead atoms. The summed E-state index contributed by atoms with van der Waals surface area (Å²) in [6.07, 6.45) is 2.48. The Morgan fingerprint density at radius 2 is 1.72 bits per heavy atom. The average molecular weight is 335 g/mol. The predicted molar refractivity (Wildman–Crippen MR) is 100 cm³/mol. The van der Waals surface area contributed by atoms with Crippen LogP contribution >= 0.6 is 0 Å². The Labute approximate surface area is 149 Å². The summed E-state index contributed by atoms with van der Waals surface area (Å²) >= 11 is 0. The van der Waals surface area contributed by atoms with Crippen LogP contribution < -0.4 is 0 Å². The second-order valence-corrected chi connectivity index (χ2v) is 6.52. The van der Waals surface area contributed by atoms with E-state index in [1.807, 2.05) is 54.6 Å². The van der Waals surface area contributed by atoms with Gasteiger partial charge in [0.2, 0.25) is 0 Å². The maximum absolute atomic E-state index is 12.5. The zero-order chi connectivity index (χ0) is 17.5. The van der Waals surface area contributed by atoms with E-state index in [-0.39, 0.29) is 12.0 Å². The molecular formula is C22H25NO2. The lowest BCUT2D eigenvalue weighted by molar-refractivity contribution is -0.121. The number of carbonyl (C=O) groups is 1. The molecule has 3 heteroatoms. The van der Waals surface area contributed by atoms with E-state index in [9.17, 15) is 4.79 Å². The number of nitrogens with zero attached hydrogens (tertiary/aromatic N) is 1. The van der Waals surface area contributed by atoms with Crippen LogP contribution in [0.4, 0.5) is 0 Å². The smallest absolute Gasteiger partial charge is 0.151 e. The second-order valence-electron chi connectivity index (χ2n) is 6.52. The third-order valence-corrected chi connectivity index (χ3v) is 4.73. The molecule has 2 unspecified atom stereocenters. The van der Waals surface area contributed by atoms with Gasteiger partial charge in [-0.3, -0.25) is 9.69 Å². The van der Waals surface area contributed by atoms with Crippen molar-refractivity contribution in [2.45, 2.75) is 25.6 Å². The highest BCUT2D eigenvalue weighted by Crippen LogP contribution is 2.25. The largest absolute Gasteiger partial charge is 0.376 e. The number of Topliss-reactive ketones (excluding diaryl/α,β-unsaturated/α-hetero) is 1. The van der Waals surface area contributed by atoms with Gasteiger partial charge in [-0.15, -0.1) is 6.58 Å². The highest BCUT2D eigenvalue weighted by molar-refractivity contribution is 5.86. The predicted octanol–water partition coefficient (Wildman–Crippen LogP) is 3.85. The lowest BCUT2D eigenvalue weighted by atomic mass is 9.97. The number of ketones is 1. The third-order valence-electron chi connectivity index (χ3n) is 4.73. The third kappa shape index (κ3) is 4.65. The second kappa shape index (κ2) is 8.75. The number of hydrogen-bond acceptors (Lipinski definition) is 3. The van der Waals surface area contributed by atoms with Gasteiger partial charge in [-0.1, -0.05) is 66.7 Å². The molecule has 3 nitrogen and oxygen atoms in total. The van der Waals surface area contributed by atoms with Crippen molar-refractivity contribution in [3.8, 4) is 0 Å². The number of benzene rings is 2. The average Bonchev–Trinajstić information content (AvgIpc) is 3.01. The summed E-state index contributed by atoms with van der Waals surface area (Å²) in [7, 11) is 0. The number of carbonyl (C=O) groups excluding carboxylic acids is 1. The highest BCUT2D eigenvalue weighted by atomic mass is 16.5. The molecule has 0 saturated carbocycles. The number of ether oxygens (including phenoxy) is 1. The maximum Gasteiger partial charge on any atom is 0.151 e. The molecule has 1 aliphatic heterocycles. The van der Waals surface area contributed by atoms with Crippen LogP contribution in [0.3, 0.4) is 0 Å². The molecule has 1 aliphatic rings. The van der Waals surface area contributed by atoms with Gasteiger partial charge in [-0.25, -0.2) is 0 Å². The summed E-state index contributed by atoms with van der Waals surface area (Å²) in [5, 5.41) is 0. The van der Waals surface area contributed by atoms with Crippen molar-refractivity contribution in [2.75, 3.05) is 13.2 Å². The van der Waals surface area contributed by atoms with Crippen molar-refractivity contribution in [2.24, 2.45) is 5.92 Å². The molecule has 2 aromatic carbocycles. The Hall–Kier alpha value is -2.23. The van der Waals surface area contributed by atoms with E-state index in [4.69, 9.17) is 4.74 Å². The summed E-state index contributed by atoms with van der Waals surface area (Å²) < 4.78 is 5.88. The Bertz CT molecular complexity index is 684. The molecule has 2 atom stereocenters. The Balaban J connectivity index is 1.61. The lowest BCUT2D eigenvalue weighted by Gasteiger charge is -2.28. The van der Waals surface area contributed by atoms with Crippen molar-refractivity contribution in [1.29, 1.82) is 0 Å². The van der Waals surface area contributed by atoms with Gasteiger partial charge >= 0.3 is 0 Å². The number of hydrogen-bond donors (Lipinski definition) is 0. The van der Waals surface area contributed by atoms with Gasteiger partial charge in [-0.2, -0.15) is 0 Å². The Morgan fingerprint density at radius 1 is 1.08 bits per heavy atom. The van der Waals surface area contributed by atoms with E-state index in [1.165, 1.54) is 5.56 Å². The molecule has 0 spiro atoms. The van der Waals surface area contributed by atoms with E-state index >= 15 is 0 Å². The SMILES string of the molecule is C=CC(COCc1ccccc1)C1C(=O)CCN1Cc1ccccc1. The number of likely N-dealkylation sites (tertiary alicyclic amines) is 1. The fourth-order valence-electron chi connectivity index (χ4n) is 3.42. The van der Waals surface area contributed by atoms with Gasteiger partial charge in [0.1, 0.15) is 0 Å². The van der Waals surface area contributed by atoms with Gasteiger partial charge in [0.05, 0.1) is 19.3 Å². The van der Waals surface area contributed by atoms with Crippen molar-refractivity contribution < 1.29 is 9.53 Å². The minimum atomic E-state index is -0.131. The van der Waals surface area contributed by atoms with E-state index < -0.39 is 0 Å². The van der Waals surface area contributed by atoms with E-state index in [2.05, 4.69) is 23.6 Å². The Morgan fingerprint density at radius 3 is 2.36 bits per heavy atom. The molecule has 0 aromatic heterocycles. The molecule has 2 aromatic rings. The van der Waals surface area contributed by atoms with E-state index in [0.29, 0.717) is 25.4 Å². The molecule has 25 heavy (non-hydrogen) atoms. The summed E-state index contributed by atoms with van der Waals surface area (Å²) in [5.41, 5.74) is 2.37. The standard InChI is InChI=1S/C22H25NO2/c1-2-20(17-25-16-19-11-7-4-8-12-19)22-21(24)13-14-23(22)15-18-9-5-3-6-10-18/h2-12,20,22H,1,13-17H2. The van der Waals surface area contributed by atoms with Crippen LogP contribution in [-0.2, 0) is 22.7 Å². The molecule has 1 heterocycles. The minimum absolute atomic E-state index is 0.0161. The molecular weight excluding hydrogens is 310 g/mol. The zero-order valence-electron chi connectivity index (χ0n) is 14.5. The molecule has 0 amide bonds. The van der Waals surface area contributed by atoms with Crippen LogP contribution in [0.5, 0.6) is 0 Å². The fourth-order valence-corrected chi connectivity index (χ4v) is 3.42.